The number of fused-ring (bicyclic) bond motifs is 1. The lowest BCUT2D eigenvalue weighted by Gasteiger charge is -2.42. The first-order chi connectivity index (χ1) is 9.13. The van der Waals surface area contributed by atoms with Crippen molar-refractivity contribution < 1.29 is 0 Å². The van der Waals surface area contributed by atoms with Gasteiger partial charge in [-0.2, -0.15) is 0 Å². The van der Waals surface area contributed by atoms with Crippen LogP contribution in [0.4, 0.5) is 5.69 Å². The second kappa shape index (κ2) is 5.43. The third kappa shape index (κ3) is 2.81. The molecule has 1 aromatic carbocycles. The van der Waals surface area contributed by atoms with Gasteiger partial charge in [0, 0.05) is 41.9 Å². The maximum absolute atomic E-state index is 6.12. The molecular formula is C15H22BrN3. The number of piperazine rings is 1. The highest BCUT2D eigenvalue weighted by Crippen LogP contribution is 2.27. The molecule has 1 aromatic rings. The monoisotopic (exact) mass is 323 g/mol. The Balaban J connectivity index is 1.71. The summed E-state index contributed by atoms with van der Waals surface area (Å²) in [6.07, 6.45) is 2.73. The van der Waals surface area contributed by atoms with E-state index in [1.165, 1.54) is 38.0 Å². The SMILES string of the molecule is CC1CN2CCCC2CN1Cc1ccc(Br)cc1N. The van der Waals surface area contributed by atoms with E-state index in [4.69, 9.17) is 5.73 Å². The molecule has 2 aliphatic rings. The van der Waals surface area contributed by atoms with Gasteiger partial charge in [-0.05, 0) is 44.0 Å². The van der Waals surface area contributed by atoms with Crippen LogP contribution < -0.4 is 5.73 Å². The van der Waals surface area contributed by atoms with Crippen molar-refractivity contribution in [3.63, 3.8) is 0 Å². The molecule has 2 unspecified atom stereocenters. The first-order valence-electron chi connectivity index (χ1n) is 7.15. The van der Waals surface area contributed by atoms with Crippen molar-refractivity contribution in [1.29, 1.82) is 0 Å². The van der Waals surface area contributed by atoms with Crippen molar-refractivity contribution in [2.24, 2.45) is 0 Å². The normalized spacial score (nSPS) is 28.5. The first-order valence-corrected chi connectivity index (χ1v) is 7.95. The molecule has 2 aliphatic heterocycles. The summed E-state index contributed by atoms with van der Waals surface area (Å²) in [6, 6.07) is 7.63. The van der Waals surface area contributed by atoms with E-state index in [9.17, 15) is 0 Å². The quantitative estimate of drug-likeness (QED) is 0.849. The van der Waals surface area contributed by atoms with Crippen molar-refractivity contribution in [1.82, 2.24) is 9.80 Å². The minimum atomic E-state index is 0.623. The van der Waals surface area contributed by atoms with Crippen molar-refractivity contribution in [3.05, 3.63) is 28.2 Å². The third-order valence-corrected chi connectivity index (χ3v) is 5.04. The van der Waals surface area contributed by atoms with Gasteiger partial charge in [-0.25, -0.2) is 0 Å². The molecular weight excluding hydrogens is 302 g/mol. The van der Waals surface area contributed by atoms with Crippen LogP contribution in [0.15, 0.2) is 22.7 Å². The van der Waals surface area contributed by atoms with Gasteiger partial charge in [-0.1, -0.05) is 22.0 Å². The largest absolute Gasteiger partial charge is 0.398 e. The molecule has 2 heterocycles. The van der Waals surface area contributed by atoms with E-state index in [1.54, 1.807) is 0 Å². The van der Waals surface area contributed by atoms with E-state index in [0.29, 0.717) is 6.04 Å². The zero-order chi connectivity index (χ0) is 13.4. The third-order valence-electron chi connectivity index (χ3n) is 4.55. The number of halogens is 1. The molecule has 4 heteroatoms. The number of benzene rings is 1. The van der Waals surface area contributed by atoms with Gasteiger partial charge in [-0.15, -0.1) is 0 Å². The second-order valence-electron chi connectivity index (χ2n) is 5.91. The van der Waals surface area contributed by atoms with Gasteiger partial charge in [0.15, 0.2) is 0 Å². The Morgan fingerprint density at radius 1 is 1.37 bits per heavy atom. The highest BCUT2D eigenvalue weighted by molar-refractivity contribution is 9.10. The Bertz CT molecular complexity index is 463. The summed E-state index contributed by atoms with van der Waals surface area (Å²) in [5, 5.41) is 0. The molecule has 2 N–H and O–H groups in total. The van der Waals surface area contributed by atoms with Crippen LogP contribution in [0.25, 0.3) is 0 Å². The fourth-order valence-corrected chi connectivity index (χ4v) is 3.78. The van der Waals surface area contributed by atoms with Crippen molar-refractivity contribution >= 4 is 21.6 Å². The summed E-state index contributed by atoms with van der Waals surface area (Å²) in [6.45, 7) is 7.01. The molecule has 2 saturated heterocycles. The molecule has 3 rings (SSSR count). The molecule has 2 atom stereocenters. The molecule has 2 fully saturated rings. The van der Waals surface area contributed by atoms with Gasteiger partial charge in [-0.3, -0.25) is 9.80 Å². The number of nitrogens with two attached hydrogens (primary N) is 1. The average Bonchev–Trinajstić information content (AvgIpc) is 2.80. The van der Waals surface area contributed by atoms with Crippen LogP contribution in [0.3, 0.4) is 0 Å². The predicted octanol–water partition coefficient (Wildman–Crippen LogP) is 2.70. The summed E-state index contributed by atoms with van der Waals surface area (Å²) < 4.78 is 1.06. The minimum absolute atomic E-state index is 0.623. The Hall–Kier alpha value is -0.580. The molecule has 19 heavy (non-hydrogen) atoms. The van der Waals surface area contributed by atoms with Gasteiger partial charge in [0.05, 0.1) is 0 Å². The van der Waals surface area contributed by atoms with Crippen molar-refractivity contribution in [3.8, 4) is 0 Å². The van der Waals surface area contributed by atoms with Gasteiger partial charge < -0.3 is 5.73 Å². The van der Waals surface area contributed by atoms with E-state index >= 15 is 0 Å². The Labute approximate surface area is 123 Å². The van der Waals surface area contributed by atoms with Crippen LogP contribution in [-0.4, -0.2) is 41.5 Å². The van der Waals surface area contributed by atoms with E-state index in [2.05, 4.69) is 44.8 Å². The first kappa shape index (κ1) is 13.4. The summed E-state index contributed by atoms with van der Waals surface area (Å²) in [4.78, 5) is 5.25. The number of hydrogen-bond donors (Lipinski definition) is 1. The summed E-state index contributed by atoms with van der Waals surface area (Å²) in [7, 11) is 0. The number of anilines is 1. The fraction of sp³-hybridized carbons (Fsp3) is 0.600. The zero-order valence-electron chi connectivity index (χ0n) is 11.5. The molecule has 3 nitrogen and oxygen atoms in total. The molecule has 0 amide bonds. The Morgan fingerprint density at radius 3 is 3.00 bits per heavy atom. The number of nitrogens with zero attached hydrogens (tertiary/aromatic N) is 2. The molecule has 0 aromatic heterocycles. The summed E-state index contributed by atoms with van der Waals surface area (Å²) in [5.41, 5.74) is 8.27. The van der Waals surface area contributed by atoms with Crippen molar-refractivity contribution in [2.45, 2.75) is 38.4 Å². The average molecular weight is 324 g/mol. The molecule has 0 bridgehead atoms. The molecule has 0 spiro atoms. The number of hydrogen-bond acceptors (Lipinski definition) is 3. The van der Waals surface area contributed by atoms with Gasteiger partial charge in [0.2, 0.25) is 0 Å². The van der Waals surface area contributed by atoms with Crippen LogP contribution in [-0.2, 0) is 6.54 Å². The smallest absolute Gasteiger partial charge is 0.0371 e. The van der Waals surface area contributed by atoms with E-state index < -0.39 is 0 Å². The Kier molecular flexibility index (Phi) is 3.83. The van der Waals surface area contributed by atoms with Crippen LogP contribution in [0.1, 0.15) is 25.3 Å². The molecule has 104 valence electrons. The predicted molar refractivity (Wildman–Crippen MR) is 83.0 cm³/mol. The maximum Gasteiger partial charge on any atom is 0.0371 e. The molecule has 0 radical (unpaired) electrons. The lowest BCUT2D eigenvalue weighted by molar-refractivity contribution is 0.0542. The van der Waals surface area contributed by atoms with Crippen LogP contribution in [0.5, 0.6) is 0 Å². The molecule has 0 aliphatic carbocycles. The summed E-state index contributed by atoms with van der Waals surface area (Å²) in [5.74, 6) is 0. The zero-order valence-corrected chi connectivity index (χ0v) is 13.1. The Morgan fingerprint density at radius 2 is 2.21 bits per heavy atom. The van der Waals surface area contributed by atoms with Gasteiger partial charge in [0.25, 0.3) is 0 Å². The summed E-state index contributed by atoms with van der Waals surface area (Å²) >= 11 is 3.47. The lowest BCUT2D eigenvalue weighted by atomic mass is 10.1. The van der Waals surface area contributed by atoms with E-state index in [0.717, 1.165) is 22.7 Å². The van der Waals surface area contributed by atoms with Gasteiger partial charge >= 0.3 is 0 Å². The van der Waals surface area contributed by atoms with Crippen LogP contribution in [0, 0.1) is 0 Å². The number of rotatable bonds is 2. The van der Waals surface area contributed by atoms with Crippen LogP contribution in [0.2, 0.25) is 0 Å². The standard InChI is InChI=1S/C15H22BrN3/c1-11-8-18-6-2-3-14(18)10-19(11)9-12-4-5-13(16)7-15(12)17/h4-5,7,11,14H,2-3,6,8-10,17H2,1H3. The lowest BCUT2D eigenvalue weighted by Crippen LogP contribution is -2.54. The highest BCUT2D eigenvalue weighted by Gasteiger charge is 2.34. The number of nitrogen functional groups attached to an aromatic ring is 1. The fourth-order valence-electron chi connectivity index (χ4n) is 3.40. The van der Waals surface area contributed by atoms with Crippen molar-refractivity contribution in [2.75, 3.05) is 25.4 Å². The topological polar surface area (TPSA) is 32.5 Å². The van der Waals surface area contributed by atoms with E-state index in [-0.39, 0.29) is 0 Å². The van der Waals surface area contributed by atoms with E-state index in [1.807, 2.05) is 6.07 Å². The van der Waals surface area contributed by atoms with Gasteiger partial charge in [0.1, 0.15) is 0 Å². The minimum Gasteiger partial charge on any atom is -0.398 e. The molecule has 0 saturated carbocycles. The second-order valence-corrected chi connectivity index (χ2v) is 6.83. The highest BCUT2D eigenvalue weighted by atomic mass is 79.9. The van der Waals surface area contributed by atoms with Crippen LogP contribution >= 0.6 is 15.9 Å². The maximum atomic E-state index is 6.12.